The van der Waals surface area contributed by atoms with Crippen LogP contribution in [0.4, 0.5) is 5.69 Å². The molecule has 0 aliphatic carbocycles. The van der Waals surface area contributed by atoms with Crippen LogP contribution >= 0.6 is 15.9 Å². The molecule has 2 N–H and O–H groups in total. The van der Waals surface area contributed by atoms with Crippen molar-refractivity contribution in [1.82, 2.24) is 9.78 Å². The maximum absolute atomic E-state index is 9.55. The first-order valence-corrected chi connectivity index (χ1v) is 6.53. The van der Waals surface area contributed by atoms with Crippen LogP contribution in [-0.2, 0) is 7.05 Å². The molecular weight excluding hydrogens is 294 g/mol. The quantitative estimate of drug-likeness (QED) is 0.913. The van der Waals surface area contributed by atoms with Crippen molar-refractivity contribution in [3.8, 4) is 0 Å². The Bertz CT molecular complexity index is 539. The average molecular weight is 310 g/mol. The number of rotatable bonds is 4. The molecule has 5 heteroatoms. The van der Waals surface area contributed by atoms with Crippen molar-refractivity contribution >= 4 is 21.6 Å². The van der Waals surface area contributed by atoms with Gasteiger partial charge >= 0.3 is 0 Å². The van der Waals surface area contributed by atoms with Crippen LogP contribution in [0.15, 0.2) is 34.9 Å². The minimum Gasteiger partial charge on any atom is -0.394 e. The lowest BCUT2D eigenvalue weighted by molar-refractivity contribution is 0.276. The minimum atomic E-state index is -0.155. The lowest BCUT2D eigenvalue weighted by Crippen LogP contribution is -2.16. The third-order valence-electron chi connectivity index (χ3n) is 3.03. The molecule has 1 unspecified atom stereocenters. The summed E-state index contributed by atoms with van der Waals surface area (Å²) in [7, 11) is 1.89. The molecule has 2 rings (SSSR count). The number of nitrogens with one attached hydrogen (secondary N) is 1. The zero-order valence-corrected chi connectivity index (χ0v) is 12.0. The molecule has 2 aromatic rings. The standard InChI is InChI=1S/C13H16BrN3O/c1-9-10(7-15-17(9)2)13(8-18)16-12-6-4-3-5-11(12)14/h3-7,13,16,18H,8H2,1-2H3. The normalized spacial score (nSPS) is 12.4. The molecule has 1 heterocycles. The largest absolute Gasteiger partial charge is 0.394 e. The summed E-state index contributed by atoms with van der Waals surface area (Å²) < 4.78 is 2.78. The number of hydrogen-bond acceptors (Lipinski definition) is 3. The smallest absolute Gasteiger partial charge is 0.0778 e. The van der Waals surface area contributed by atoms with Gasteiger partial charge in [-0.2, -0.15) is 5.10 Å². The molecule has 0 fully saturated rings. The molecule has 0 aliphatic heterocycles. The summed E-state index contributed by atoms with van der Waals surface area (Å²) in [6, 6.07) is 7.69. The molecule has 1 atom stereocenters. The summed E-state index contributed by atoms with van der Waals surface area (Å²) in [6.45, 7) is 2.01. The van der Waals surface area contributed by atoms with Gasteiger partial charge in [-0.15, -0.1) is 0 Å². The predicted octanol–water partition coefficient (Wildman–Crippen LogP) is 2.64. The molecule has 1 aromatic heterocycles. The Hall–Kier alpha value is -1.33. The summed E-state index contributed by atoms with van der Waals surface area (Å²) in [4.78, 5) is 0. The van der Waals surface area contributed by atoms with Crippen LogP contribution in [0.3, 0.4) is 0 Å². The number of halogens is 1. The second-order valence-electron chi connectivity index (χ2n) is 4.17. The average Bonchev–Trinajstić information content (AvgIpc) is 2.70. The second kappa shape index (κ2) is 5.54. The molecule has 4 nitrogen and oxygen atoms in total. The van der Waals surface area contributed by atoms with Gasteiger partial charge in [-0.25, -0.2) is 0 Å². The van der Waals surface area contributed by atoms with Crippen LogP contribution in [-0.4, -0.2) is 21.5 Å². The first-order valence-electron chi connectivity index (χ1n) is 5.74. The molecular formula is C13H16BrN3O. The van der Waals surface area contributed by atoms with Crippen molar-refractivity contribution < 1.29 is 5.11 Å². The first-order chi connectivity index (χ1) is 8.63. The highest BCUT2D eigenvalue weighted by Gasteiger charge is 2.16. The van der Waals surface area contributed by atoms with Crippen molar-refractivity contribution in [2.24, 2.45) is 7.05 Å². The SMILES string of the molecule is Cc1c(C(CO)Nc2ccccc2Br)cnn1C. The van der Waals surface area contributed by atoms with Crippen molar-refractivity contribution in [3.05, 3.63) is 46.2 Å². The molecule has 0 saturated heterocycles. The Morgan fingerprint density at radius 1 is 1.44 bits per heavy atom. The maximum atomic E-state index is 9.55. The summed E-state index contributed by atoms with van der Waals surface area (Å²) >= 11 is 3.49. The van der Waals surface area contributed by atoms with E-state index in [0.717, 1.165) is 21.4 Å². The monoisotopic (exact) mass is 309 g/mol. The van der Waals surface area contributed by atoms with Crippen molar-refractivity contribution in [3.63, 3.8) is 0 Å². The zero-order chi connectivity index (χ0) is 13.1. The fraction of sp³-hybridized carbons (Fsp3) is 0.308. The fourth-order valence-corrected chi connectivity index (χ4v) is 2.24. The Morgan fingerprint density at radius 3 is 2.72 bits per heavy atom. The topological polar surface area (TPSA) is 50.1 Å². The molecule has 18 heavy (non-hydrogen) atoms. The lowest BCUT2D eigenvalue weighted by atomic mass is 10.1. The van der Waals surface area contributed by atoms with Gasteiger partial charge in [-0.1, -0.05) is 12.1 Å². The molecule has 0 spiro atoms. The van der Waals surface area contributed by atoms with Gasteiger partial charge in [0, 0.05) is 28.5 Å². The Labute approximate surface area is 115 Å². The van der Waals surface area contributed by atoms with E-state index >= 15 is 0 Å². The van der Waals surface area contributed by atoms with Crippen molar-refractivity contribution in [2.45, 2.75) is 13.0 Å². The van der Waals surface area contributed by atoms with E-state index < -0.39 is 0 Å². The number of nitrogens with zero attached hydrogens (tertiary/aromatic N) is 2. The van der Waals surface area contributed by atoms with Crippen LogP contribution < -0.4 is 5.32 Å². The highest BCUT2D eigenvalue weighted by molar-refractivity contribution is 9.10. The molecule has 1 aromatic carbocycles. The zero-order valence-electron chi connectivity index (χ0n) is 10.4. The van der Waals surface area contributed by atoms with E-state index in [1.807, 2.05) is 38.2 Å². The second-order valence-corrected chi connectivity index (χ2v) is 5.02. The molecule has 0 bridgehead atoms. The highest BCUT2D eigenvalue weighted by atomic mass is 79.9. The molecule has 0 amide bonds. The van der Waals surface area contributed by atoms with Gasteiger partial charge in [0.05, 0.1) is 18.8 Å². The van der Waals surface area contributed by atoms with Crippen LogP contribution in [0.5, 0.6) is 0 Å². The van der Waals surface area contributed by atoms with E-state index in [1.54, 1.807) is 10.9 Å². The van der Waals surface area contributed by atoms with E-state index in [0.29, 0.717) is 0 Å². The minimum absolute atomic E-state index is 0.0217. The van der Waals surface area contributed by atoms with Crippen LogP contribution in [0.1, 0.15) is 17.3 Å². The number of benzene rings is 1. The van der Waals surface area contributed by atoms with Gasteiger partial charge < -0.3 is 10.4 Å². The van der Waals surface area contributed by atoms with E-state index in [2.05, 4.69) is 26.3 Å². The number of aryl methyl sites for hydroxylation is 1. The molecule has 0 radical (unpaired) electrons. The number of aliphatic hydroxyl groups is 1. The van der Waals surface area contributed by atoms with E-state index in [4.69, 9.17) is 0 Å². The van der Waals surface area contributed by atoms with E-state index in [-0.39, 0.29) is 12.6 Å². The number of aromatic nitrogens is 2. The Kier molecular flexibility index (Phi) is 4.04. The first kappa shape index (κ1) is 13.1. The van der Waals surface area contributed by atoms with Crippen molar-refractivity contribution in [2.75, 3.05) is 11.9 Å². The number of aliphatic hydroxyl groups excluding tert-OH is 1. The summed E-state index contributed by atoms with van der Waals surface area (Å²) in [5.74, 6) is 0. The summed E-state index contributed by atoms with van der Waals surface area (Å²) in [5, 5.41) is 17.1. The van der Waals surface area contributed by atoms with Gasteiger partial charge in [0.2, 0.25) is 0 Å². The number of para-hydroxylation sites is 1. The summed E-state index contributed by atoms with van der Waals surface area (Å²) in [5.41, 5.74) is 3.02. The van der Waals surface area contributed by atoms with Gasteiger partial charge in [0.15, 0.2) is 0 Å². The van der Waals surface area contributed by atoms with Crippen LogP contribution in [0.2, 0.25) is 0 Å². The van der Waals surface area contributed by atoms with E-state index in [1.165, 1.54) is 0 Å². The molecule has 0 aliphatic rings. The lowest BCUT2D eigenvalue weighted by Gasteiger charge is -2.18. The molecule has 0 saturated carbocycles. The number of anilines is 1. The van der Waals surface area contributed by atoms with Crippen molar-refractivity contribution in [1.29, 1.82) is 0 Å². The number of hydrogen-bond donors (Lipinski definition) is 2. The van der Waals surface area contributed by atoms with Crippen LogP contribution in [0.25, 0.3) is 0 Å². The third kappa shape index (κ3) is 2.57. The summed E-state index contributed by atoms with van der Waals surface area (Å²) in [6.07, 6.45) is 1.79. The van der Waals surface area contributed by atoms with E-state index in [9.17, 15) is 5.11 Å². The Balaban J connectivity index is 2.25. The van der Waals surface area contributed by atoms with Gasteiger partial charge in [0.25, 0.3) is 0 Å². The molecule has 96 valence electrons. The highest BCUT2D eigenvalue weighted by Crippen LogP contribution is 2.27. The predicted molar refractivity (Wildman–Crippen MR) is 75.5 cm³/mol. The third-order valence-corrected chi connectivity index (χ3v) is 3.73. The Morgan fingerprint density at radius 2 is 2.17 bits per heavy atom. The fourth-order valence-electron chi connectivity index (χ4n) is 1.85. The maximum Gasteiger partial charge on any atom is 0.0778 e. The van der Waals surface area contributed by atoms with Crippen LogP contribution in [0, 0.1) is 6.92 Å². The van der Waals surface area contributed by atoms with Gasteiger partial charge in [-0.05, 0) is 35.0 Å². The van der Waals surface area contributed by atoms with Gasteiger partial charge in [-0.3, -0.25) is 4.68 Å². The van der Waals surface area contributed by atoms with Gasteiger partial charge in [0.1, 0.15) is 0 Å².